The Bertz CT molecular complexity index is 413. The number of nitrogens with one attached hydrogen (secondary N) is 1. The third-order valence-electron chi connectivity index (χ3n) is 2.48. The Labute approximate surface area is 121 Å². The van der Waals surface area contributed by atoms with Gasteiger partial charge in [-0.15, -0.1) is 0 Å². The molecule has 108 valence electrons. The van der Waals surface area contributed by atoms with Crippen LogP contribution in [0.5, 0.6) is 11.5 Å². The number of rotatable bonds is 6. The molecule has 1 aromatic carbocycles. The summed E-state index contributed by atoms with van der Waals surface area (Å²) in [5.41, 5.74) is 1.16. The molecule has 0 amide bonds. The Kier molecular flexibility index (Phi) is 5.95. The van der Waals surface area contributed by atoms with Crippen molar-refractivity contribution in [3.63, 3.8) is 0 Å². The minimum Gasteiger partial charge on any atom is -0.490 e. The van der Waals surface area contributed by atoms with E-state index >= 15 is 0 Å². The minimum atomic E-state index is 0.0663. The predicted octanol–water partition coefficient (Wildman–Crippen LogP) is 4.03. The van der Waals surface area contributed by atoms with Crippen LogP contribution < -0.4 is 14.8 Å². The molecule has 0 heterocycles. The molecule has 1 rings (SSSR count). The van der Waals surface area contributed by atoms with Gasteiger partial charge in [-0.2, -0.15) is 0 Å². The van der Waals surface area contributed by atoms with Gasteiger partial charge in [0.25, 0.3) is 0 Å². The molecule has 0 fully saturated rings. The second-order valence-corrected chi connectivity index (χ2v) is 5.78. The Morgan fingerprint density at radius 2 is 1.74 bits per heavy atom. The van der Waals surface area contributed by atoms with Gasteiger partial charge in [-0.1, -0.05) is 11.6 Å². The normalized spacial score (nSPS) is 11.5. The molecule has 0 atom stereocenters. The highest BCUT2D eigenvalue weighted by molar-refractivity contribution is 6.32. The van der Waals surface area contributed by atoms with Gasteiger partial charge < -0.3 is 14.8 Å². The maximum atomic E-state index is 6.27. The van der Waals surface area contributed by atoms with Gasteiger partial charge >= 0.3 is 0 Å². The van der Waals surface area contributed by atoms with Gasteiger partial charge in [0.05, 0.1) is 18.2 Å². The summed E-state index contributed by atoms with van der Waals surface area (Å²) in [7, 11) is 0. The number of benzene rings is 1. The van der Waals surface area contributed by atoms with Gasteiger partial charge in [0.15, 0.2) is 11.5 Å². The Morgan fingerprint density at radius 3 is 2.26 bits per heavy atom. The van der Waals surface area contributed by atoms with Crippen molar-refractivity contribution in [1.29, 1.82) is 0 Å². The fraction of sp³-hybridized carbons (Fsp3) is 0.600. The highest BCUT2D eigenvalue weighted by atomic mass is 35.5. The van der Waals surface area contributed by atoms with E-state index < -0.39 is 0 Å². The lowest BCUT2D eigenvalue weighted by Gasteiger charge is -2.21. The Morgan fingerprint density at radius 1 is 1.11 bits per heavy atom. The molecule has 0 saturated heterocycles. The summed E-state index contributed by atoms with van der Waals surface area (Å²) in [4.78, 5) is 0. The van der Waals surface area contributed by atoms with Gasteiger partial charge in [0, 0.05) is 12.1 Å². The molecule has 0 aliphatic carbocycles. The van der Waals surface area contributed by atoms with Crippen LogP contribution in [0.2, 0.25) is 5.02 Å². The van der Waals surface area contributed by atoms with Gasteiger partial charge in [-0.05, 0) is 52.3 Å². The lowest BCUT2D eigenvalue weighted by molar-refractivity contribution is 0.287. The van der Waals surface area contributed by atoms with E-state index in [0.717, 1.165) is 12.1 Å². The van der Waals surface area contributed by atoms with Crippen LogP contribution in [0.3, 0.4) is 0 Å². The van der Waals surface area contributed by atoms with Crippen molar-refractivity contribution in [3.05, 3.63) is 22.7 Å². The van der Waals surface area contributed by atoms with Crippen LogP contribution >= 0.6 is 11.6 Å². The van der Waals surface area contributed by atoms with Crippen molar-refractivity contribution in [1.82, 2.24) is 5.32 Å². The van der Waals surface area contributed by atoms with Crippen molar-refractivity contribution in [2.45, 2.75) is 46.7 Å². The van der Waals surface area contributed by atoms with E-state index in [1.165, 1.54) is 0 Å². The molecule has 0 aliphatic rings. The second kappa shape index (κ2) is 7.01. The minimum absolute atomic E-state index is 0.0663. The van der Waals surface area contributed by atoms with Crippen LogP contribution in [-0.4, -0.2) is 18.8 Å². The molecule has 0 saturated carbocycles. The predicted molar refractivity (Wildman–Crippen MR) is 80.4 cm³/mol. The molecule has 0 spiro atoms. The van der Waals surface area contributed by atoms with Crippen molar-refractivity contribution < 1.29 is 9.47 Å². The molecule has 1 aromatic rings. The smallest absolute Gasteiger partial charge is 0.179 e. The van der Waals surface area contributed by atoms with Crippen LogP contribution in [0, 0.1) is 0 Å². The fourth-order valence-corrected chi connectivity index (χ4v) is 1.93. The standard InChI is InChI=1S/C15H24ClNO2/c1-6-18-13-9-11(10-17-15(3,4)5)8-12(16)14(13)19-7-2/h8-9,17H,6-7,10H2,1-5H3. The van der Waals surface area contributed by atoms with Gasteiger partial charge in [-0.3, -0.25) is 0 Å². The zero-order chi connectivity index (χ0) is 14.5. The number of halogens is 1. The highest BCUT2D eigenvalue weighted by Crippen LogP contribution is 2.36. The van der Waals surface area contributed by atoms with Crippen LogP contribution in [0.4, 0.5) is 0 Å². The lowest BCUT2D eigenvalue weighted by atomic mass is 10.1. The van der Waals surface area contributed by atoms with Crippen molar-refractivity contribution in [2.24, 2.45) is 0 Å². The zero-order valence-electron chi connectivity index (χ0n) is 12.5. The molecule has 3 nitrogen and oxygen atoms in total. The third kappa shape index (κ3) is 5.29. The van der Waals surface area contributed by atoms with E-state index in [-0.39, 0.29) is 5.54 Å². The summed E-state index contributed by atoms with van der Waals surface area (Å²) in [6, 6.07) is 3.91. The molecular weight excluding hydrogens is 262 g/mol. The average Bonchev–Trinajstić information content (AvgIpc) is 2.30. The van der Waals surface area contributed by atoms with Gasteiger partial charge in [0.2, 0.25) is 0 Å². The molecule has 19 heavy (non-hydrogen) atoms. The maximum absolute atomic E-state index is 6.27. The first-order valence-corrected chi connectivity index (χ1v) is 7.08. The summed E-state index contributed by atoms with van der Waals surface area (Å²) in [6.45, 7) is 12.2. The first-order chi connectivity index (χ1) is 8.87. The van der Waals surface area contributed by atoms with Crippen LogP contribution in [0.15, 0.2) is 12.1 Å². The molecule has 0 bridgehead atoms. The van der Waals surface area contributed by atoms with E-state index in [0.29, 0.717) is 29.7 Å². The largest absolute Gasteiger partial charge is 0.490 e. The van der Waals surface area contributed by atoms with Crippen LogP contribution in [-0.2, 0) is 6.54 Å². The van der Waals surface area contributed by atoms with Crippen molar-refractivity contribution in [3.8, 4) is 11.5 Å². The first-order valence-electron chi connectivity index (χ1n) is 6.70. The lowest BCUT2D eigenvalue weighted by Crippen LogP contribution is -2.35. The van der Waals surface area contributed by atoms with E-state index in [1.807, 2.05) is 26.0 Å². The second-order valence-electron chi connectivity index (χ2n) is 5.37. The number of hydrogen-bond donors (Lipinski definition) is 1. The van der Waals surface area contributed by atoms with E-state index in [4.69, 9.17) is 21.1 Å². The molecule has 4 heteroatoms. The molecular formula is C15H24ClNO2. The van der Waals surface area contributed by atoms with Crippen molar-refractivity contribution >= 4 is 11.6 Å². The SMILES string of the molecule is CCOc1cc(CNC(C)(C)C)cc(Cl)c1OCC. The van der Waals surface area contributed by atoms with Gasteiger partial charge in [-0.25, -0.2) is 0 Å². The molecule has 0 unspecified atom stereocenters. The molecule has 0 radical (unpaired) electrons. The van der Waals surface area contributed by atoms with E-state index in [2.05, 4.69) is 26.1 Å². The summed E-state index contributed by atoms with van der Waals surface area (Å²) >= 11 is 6.27. The fourth-order valence-electron chi connectivity index (χ4n) is 1.64. The first kappa shape index (κ1) is 16.1. The summed E-state index contributed by atoms with van der Waals surface area (Å²) < 4.78 is 11.1. The van der Waals surface area contributed by atoms with Crippen LogP contribution in [0.25, 0.3) is 0 Å². The number of hydrogen-bond acceptors (Lipinski definition) is 3. The summed E-state index contributed by atoms with van der Waals surface area (Å²) in [6.07, 6.45) is 0. The van der Waals surface area contributed by atoms with E-state index in [9.17, 15) is 0 Å². The number of ether oxygens (including phenoxy) is 2. The van der Waals surface area contributed by atoms with Crippen LogP contribution in [0.1, 0.15) is 40.2 Å². The van der Waals surface area contributed by atoms with E-state index in [1.54, 1.807) is 0 Å². The highest BCUT2D eigenvalue weighted by Gasteiger charge is 2.14. The zero-order valence-corrected chi connectivity index (χ0v) is 13.2. The third-order valence-corrected chi connectivity index (χ3v) is 2.76. The van der Waals surface area contributed by atoms with Gasteiger partial charge in [0.1, 0.15) is 0 Å². The average molecular weight is 286 g/mol. The monoisotopic (exact) mass is 285 g/mol. The van der Waals surface area contributed by atoms with Crippen molar-refractivity contribution in [2.75, 3.05) is 13.2 Å². The molecule has 1 N–H and O–H groups in total. The Hall–Kier alpha value is -0.930. The molecule has 0 aliphatic heterocycles. The molecule has 0 aromatic heterocycles. The Balaban J connectivity index is 2.95. The summed E-state index contributed by atoms with van der Waals surface area (Å²) in [5, 5.41) is 4.03. The quantitative estimate of drug-likeness (QED) is 0.856. The maximum Gasteiger partial charge on any atom is 0.179 e. The summed E-state index contributed by atoms with van der Waals surface area (Å²) in [5.74, 6) is 1.34. The topological polar surface area (TPSA) is 30.5 Å².